The Morgan fingerprint density at radius 1 is 0.471 bits per heavy atom. The molecule has 0 saturated carbocycles. The molecule has 6 nitrogen and oxygen atoms in total. The van der Waals surface area contributed by atoms with Crippen LogP contribution in [0.4, 0.5) is 0 Å². The van der Waals surface area contributed by atoms with Crippen molar-refractivity contribution in [3.8, 4) is 0 Å². The van der Waals surface area contributed by atoms with Crippen LogP contribution in [0.2, 0.25) is 0 Å². The summed E-state index contributed by atoms with van der Waals surface area (Å²) < 4.78 is 4.06. The molecule has 0 aromatic rings. The van der Waals surface area contributed by atoms with E-state index in [0.29, 0.717) is 0 Å². The van der Waals surface area contributed by atoms with Gasteiger partial charge in [0.1, 0.15) is 0 Å². The first-order valence-electron chi connectivity index (χ1n) is 14.5. The number of rotatable bonds is 9. The zero-order valence-electron chi connectivity index (χ0n) is 24.0. The van der Waals surface area contributed by atoms with Gasteiger partial charge in [-0.1, -0.05) is 40.0 Å². The highest BCUT2D eigenvalue weighted by molar-refractivity contribution is 6.24. The summed E-state index contributed by atoms with van der Waals surface area (Å²) in [5.41, 5.74) is 0. The van der Waals surface area contributed by atoms with E-state index in [1.165, 1.54) is 149 Å². The van der Waals surface area contributed by atoms with Gasteiger partial charge in [0.25, 0.3) is 0 Å². The van der Waals surface area contributed by atoms with Crippen LogP contribution in [0.25, 0.3) is 0 Å². The van der Waals surface area contributed by atoms with Crippen LogP contribution in [0, 0.1) is 0 Å². The molecular formula is C27H60BN3O3. The van der Waals surface area contributed by atoms with Crippen molar-refractivity contribution in [2.24, 2.45) is 0 Å². The quantitative estimate of drug-likeness (QED) is 0.371. The average Bonchev–Trinajstić information content (AvgIpc) is 3.53. The van der Waals surface area contributed by atoms with Gasteiger partial charge >= 0.3 is 0 Å². The Balaban J connectivity index is 0.000000445. The van der Waals surface area contributed by atoms with Crippen LogP contribution in [0.1, 0.15) is 97.8 Å². The third kappa shape index (κ3) is 17.3. The van der Waals surface area contributed by atoms with Crippen LogP contribution in [0.3, 0.4) is 0 Å². The maximum absolute atomic E-state index is 8.42. The molecule has 3 fully saturated rings. The number of unbranched alkanes of at least 4 members (excludes halogenated alkanes) is 3. The fraction of sp³-hybridized carbons (Fsp3) is 1.00. The van der Waals surface area contributed by atoms with Gasteiger partial charge in [0, 0.05) is 38.5 Å². The fourth-order valence-corrected chi connectivity index (χ4v) is 5.59. The molecule has 0 atom stereocenters. The highest BCUT2D eigenvalue weighted by atomic mass is 16.5. The van der Waals surface area contributed by atoms with E-state index in [1.807, 2.05) is 0 Å². The topological polar surface area (TPSA) is 69.2 Å². The van der Waals surface area contributed by atoms with E-state index in [4.69, 9.17) is 15.1 Å². The molecule has 0 N–H and O–H groups in total. The second kappa shape index (κ2) is 19.0. The summed E-state index contributed by atoms with van der Waals surface area (Å²) in [6.45, 7) is 19.7. The molecule has 0 unspecified atom stereocenters. The van der Waals surface area contributed by atoms with Crippen molar-refractivity contribution in [2.45, 2.75) is 97.8 Å². The summed E-state index contributed by atoms with van der Waals surface area (Å²) in [6, 6.07) is 0. The average molecular weight is 486 g/mol. The monoisotopic (exact) mass is 485 g/mol. The highest BCUT2D eigenvalue weighted by Gasteiger charge is 2.26. The van der Waals surface area contributed by atoms with Crippen LogP contribution in [-0.4, -0.2) is 101 Å². The maximum atomic E-state index is 8.42. The van der Waals surface area contributed by atoms with E-state index in [0.717, 1.165) is 0 Å². The Morgan fingerprint density at radius 2 is 0.647 bits per heavy atom. The molecule has 3 rings (SSSR count). The summed E-state index contributed by atoms with van der Waals surface area (Å²) in [6.07, 6.45) is 17.1. The lowest BCUT2D eigenvalue weighted by Crippen LogP contribution is -2.56. The van der Waals surface area contributed by atoms with Gasteiger partial charge in [0.05, 0.1) is 80.0 Å². The second-order valence-corrected chi connectivity index (χ2v) is 11.8. The first kappa shape index (κ1) is 33.8. The molecule has 0 aromatic carbocycles. The van der Waals surface area contributed by atoms with E-state index in [2.05, 4.69) is 41.9 Å². The first-order valence-corrected chi connectivity index (χ1v) is 14.5. The zero-order chi connectivity index (χ0) is 25.9. The number of likely N-dealkylation sites (tertiary alicyclic amines) is 3. The Labute approximate surface area is 213 Å². The van der Waals surface area contributed by atoms with Gasteiger partial charge in [-0.3, -0.25) is 7.32 Å². The van der Waals surface area contributed by atoms with Gasteiger partial charge in [-0.25, -0.2) is 0 Å². The van der Waals surface area contributed by atoms with Crippen molar-refractivity contribution in [3.63, 3.8) is 0 Å². The minimum Gasteiger partial charge on any atom is -0.907 e. The summed E-state index contributed by atoms with van der Waals surface area (Å²) in [5.74, 6) is 0. The maximum Gasteiger partial charge on any atom is 0.0786 e. The molecule has 0 bridgehead atoms. The third-order valence-corrected chi connectivity index (χ3v) is 8.09. The predicted octanol–water partition coefficient (Wildman–Crippen LogP) is 2.13. The van der Waals surface area contributed by atoms with Crippen LogP contribution in [0.15, 0.2) is 0 Å². The number of hydrogen-bond acceptors (Lipinski definition) is 3. The van der Waals surface area contributed by atoms with E-state index < -0.39 is 7.32 Å². The van der Waals surface area contributed by atoms with E-state index in [1.54, 1.807) is 0 Å². The lowest BCUT2D eigenvalue weighted by molar-refractivity contribution is -0.897. The molecule has 204 valence electrons. The van der Waals surface area contributed by atoms with Gasteiger partial charge in [0.2, 0.25) is 0 Å². The summed E-state index contributed by atoms with van der Waals surface area (Å²) in [5, 5.41) is 25.2. The molecule has 0 aliphatic carbocycles. The number of nitrogens with zero attached hydrogens (tertiary/aromatic N) is 3. The highest BCUT2D eigenvalue weighted by Crippen LogP contribution is 2.18. The predicted molar refractivity (Wildman–Crippen MR) is 141 cm³/mol. The Kier molecular flexibility index (Phi) is 18.9. The van der Waals surface area contributed by atoms with Gasteiger partial charge in [-0.05, 0) is 19.3 Å². The molecule has 7 heteroatoms. The number of quaternary nitrogens is 3. The van der Waals surface area contributed by atoms with Crippen molar-refractivity contribution in [1.29, 1.82) is 0 Å². The van der Waals surface area contributed by atoms with Crippen LogP contribution < -0.4 is 15.1 Å². The van der Waals surface area contributed by atoms with E-state index in [9.17, 15) is 0 Å². The lowest BCUT2D eigenvalue weighted by Gasteiger charge is -2.35. The molecule has 3 saturated heterocycles. The summed E-state index contributed by atoms with van der Waals surface area (Å²) >= 11 is 0. The zero-order valence-corrected chi connectivity index (χ0v) is 24.0. The number of hydrogen-bond donors (Lipinski definition) is 0. The SMILES string of the molecule is CCCC[N+]1(C)CCCC1.CCCC[N+]1(C)CCCC1.CCCC[N+]1(C)CCCC1.[O-]B([O-])[O-]. The summed E-state index contributed by atoms with van der Waals surface area (Å²) in [4.78, 5) is 0. The van der Waals surface area contributed by atoms with E-state index in [-0.39, 0.29) is 0 Å². The van der Waals surface area contributed by atoms with Crippen LogP contribution >= 0.6 is 0 Å². The molecule has 0 aromatic heterocycles. The molecule has 0 spiro atoms. The fourth-order valence-electron chi connectivity index (χ4n) is 5.59. The molecular weight excluding hydrogens is 425 g/mol. The van der Waals surface area contributed by atoms with Gasteiger partial charge < -0.3 is 28.5 Å². The summed E-state index contributed by atoms with van der Waals surface area (Å²) in [7, 11) is 4.30. The van der Waals surface area contributed by atoms with Crippen molar-refractivity contribution in [2.75, 3.05) is 80.0 Å². The van der Waals surface area contributed by atoms with Crippen molar-refractivity contribution in [3.05, 3.63) is 0 Å². The van der Waals surface area contributed by atoms with Crippen molar-refractivity contribution in [1.82, 2.24) is 0 Å². The van der Waals surface area contributed by atoms with E-state index >= 15 is 0 Å². The minimum absolute atomic E-state index is 1.36. The van der Waals surface area contributed by atoms with Crippen molar-refractivity contribution >= 4 is 7.32 Å². The normalized spacial score (nSPS) is 21.4. The van der Waals surface area contributed by atoms with Crippen LogP contribution in [-0.2, 0) is 0 Å². The van der Waals surface area contributed by atoms with Crippen molar-refractivity contribution < 1.29 is 28.5 Å². The lowest BCUT2D eigenvalue weighted by atomic mass is 10.3. The molecule has 3 aliphatic rings. The molecule has 3 aliphatic heterocycles. The first-order chi connectivity index (χ1) is 16.0. The van der Waals surface area contributed by atoms with Gasteiger partial charge in [-0.15, -0.1) is 0 Å². The standard InChI is InChI=1S/3C9H20N.BO3/c3*1-3-4-7-10(2)8-5-6-9-10;2-1(3)4/h3*3-9H2,1-2H3;/q3*+1;-3. The molecule has 34 heavy (non-hydrogen) atoms. The largest absolute Gasteiger partial charge is 0.907 e. The third-order valence-electron chi connectivity index (χ3n) is 8.09. The Hall–Kier alpha value is -0.175. The second-order valence-electron chi connectivity index (χ2n) is 11.8. The molecule has 3 heterocycles. The Bertz CT molecular complexity index is 397. The van der Waals surface area contributed by atoms with Gasteiger partial charge in [0.15, 0.2) is 0 Å². The van der Waals surface area contributed by atoms with Crippen LogP contribution in [0.5, 0.6) is 0 Å². The molecule has 0 amide bonds. The smallest absolute Gasteiger partial charge is 0.0786 e. The molecule has 0 radical (unpaired) electrons. The minimum atomic E-state index is -2.92. The Morgan fingerprint density at radius 3 is 0.794 bits per heavy atom. The van der Waals surface area contributed by atoms with Gasteiger partial charge in [-0.2, -0.15) is 0 Å².